The van der Waals surface area contributed by atoms with E-state index in [-0.39, 0.29) is 17.2 Å². The van der Waals surface area contributed by atoms with E-state index in [9.17, 15) is 13.5 Å². The third kappa shape index (κ3) is 4.39. The normalized spacial score (nSPS) is 11.9. The quantitative estimate of drug-likeness (QED) is 0.129. The first-order valence-electron chi connectivity index (χ1n) is 11.5. The van der Waals surface area contributed by atoms with Crippen LogP contribution in [-0.2, 0) is 10.0 Å². The second-order valence-corrected chi connectivity index (χ2v) is 10.3. The van der Waals surface area contributed by atoms with Crippen LogP contribution in [0.5, 0.6) is 5.75 Å². The summed E-state index contributed by atoms with van der Waals surface area (Å²) < 4.78 is 28.9. The lowest BCUT2D eigenvalue weighted by Gasteiger charge is -2.18. The van der Waals surface area contributed by atoms with E-state index < -0.39 is 10.0 Å². The van der Waals surface area contributed by atoms with Crippen LogP contribution in [0.1, 0.15) is 6.42 Å². The number of sulfonamides is 1. The molecule has 0 fully saturated rings. The Morgan fingerprint density at radius 2 is 1.81 bits per heavy atom. The predicted octanol–water partition coefficient (Wildman–Crippen LogP) is 1.88. The van der Waals surface area contributed by atoms with Crippen LogP contribution in [0.4, 0.5) is 5.82 Å². The van der Waals surface area contributed by atoms with Crippen molar-refractivity contribution in [2.45, 2.75) is 11.3 Å². The fraction of sp³-hybridized carbons (Fsp3) is 0.120. The number of hydrazine groups is 1. The molecule has 0 radical (unpaired) electrons. The molecule has 36 heavy (non-hydrogen) atoms. The van der Waals surface area contributed by atoms with Gasteiger partial charge in [0.25, 0.3) is 10.0 Å². The highest BCUT2D eigenvalue weighted by molar-refractivity contribution is 7.89. The number of fused-ring (bicyclic) bond motifs is 2. The third-order valence-corrected chi connectivity index (χ3v) is 7.74. The molecular weight excluding hydrogens is 475 g/mol. The SMILES string of the molecule is Bc1cnn2c(NCCCN(N)S(=O)(=O)c3cccc4ccccc34)cc(-c3ccccc3O)nc12. The van der Waals surface area contributed by atoms with Crippen molar-refractivity contribution in [1.29, 1.82) is 0 Å². The second kappa shape index (κ2) is 9.61. The number of para-hydroxylation sites is 1. The number of aromatic nitrogens is 3. The highest BCUT2D eigenvalue weighted by atomic mass is 32.2. The van der Waals surface area contributed by atoms with Crippen LogP contribution < -0.4 is 16.6 Å². The molecule has 5 aromatic rings. The maximum absolute atomic E-state index is 13.2. The van der Waals surface area contributed by atoms with E-state index in [2.05, 4.69) is 15.4 Å². The zero-order valence-corrected chi connectivity index (χ0v) is 20.5. The summed E-state index contributed by atoms with van der Waals surface area (Å²) in [5, 5.41) is 19.5. The average molecular weight is 500 g/mol. The minimum atomic E-state index is -3.86. The standard InChI is InChI=1S/C25H25BN6O3S/c26-20-16-29-32-24(15-21(30-25(20)32)19-10-3-4-11-22(19)33)28-13-6-14-31(27)36(34,35)23-12-5-8-17-7-1-2-9-18(17)23/h1-5,7-12,15-16,28,33H,6,13-14,26-27H2. The van der Waals surface area contributed by atoms with Gasteiger partial charge in [0.1, 0.15) is 19.4 Å². The summed E-state index contributed by atoms with van der Waals surface area (Å²) in [6.45, 7) is 0.564. The van der Waals surface area contributed by atoms with Crippen molar-refractivity contribution in [2.75, 3.05) is 18.4 Å². The second-order valence-electron chi connectivity index (χ2n) is 8.48. The third-order valence-electron chi connectivity index (χ3n) is 6.03. The molecule has 0 amide bonds. The number of benzene rings is 3. The summed E-state index contributed by atoms with van der Waals surface area (Å²) in [5.41, 5.74) is 2.77. The number of rotatable bonds is 8. The van der Waals surface area contributed by atoms with Gasteiger partial charge in [0.05, 0.1) is 10.6 Å². The maximum atomic E-state index is 13.2. The Hall–Kier alpha value is -3.93. The summed E-state index contributed by atoms with van der Waals surface area (Å²) in [6, 6.07) is 21.3. The lowest BCUT2D eigenvalue weighted by atomic mass is 10.0. The van der Waals surface area contributed by atoms with E-state index in [4.69, 9.17) is 5.84 Å². The molecule has 0 saturated carbocycles. The van der Waals surface area contributed by atoms with Crippen LogP contribution in [0.25, 0.3) is 27.7 Å². The molecule has 0 atom stereocenters. The Bertz CT molecular complexity index is 1670. The van der Waals surface area contributed by atoms with Crippen molar-refractivity contribution >= 4 is 45.6 Å². The highest BCUT2D eigenvalue weighted by Crippen LogP contribution is 2.29. The molecule has 9 nitrogen and oxygen atoms in total. The van der Waals surface area contributed by atoms with Gasteiger partial charge in [-0.2, -0.15) is 9.61 Å². The van der Waals surface area contributed by atoms with E-state index in [1.165, 1.54) is 0 Å². The highest BCUT2D eigenvalue weighted by Gasteiger charge is 2.23. The maximum Gasteiger partial charge on any atom is 0.256 e. The molecule has 3 aromatic carbocycles. The Morgan fingerprint density at radius 1 is 1.06 bits per heavy atom. The number of phenolic OH excluding ortho intramolecular Hbond substituents is 1. The minimum Gasteiger partial charge on any atom is -0.507 e. The fourth-order valence-corrected chi connectivity index (χ4v) is 5.48. The van der Waals surface area contributed by atoms with Crippen molar-refractivity contribution in [3.63, 3.8) is 0 Å². The first kappa shape index (κ1) is 23.8. The van der Waals surface area contributed by atoms with Gasteiger partial charge in [-0.05, 0) is 35.5 Å². The molecule has 0 aliphatic heterocycles. The molecule has 182 valence electrons. The zero-order valence-electron chi connectivity index (χ0n) is 19.7. The summed E-state index contributed by atoms with van der Waals surface area (Å²) in [5.74, 6) is 6.83. The molecule has 0 aliphatic carbocycles. The Balaban J connectivity index is 1.32. The zero-order chi connectivity index (χ0) is 25.3. The van der Waals surface area contributed by atoms with E-state index in [1.54, 1.807) is 47.1 Å². The van der Waals surface area contributed by atoms with Gasteiger partial charge >= 0.3 is 0 Å². The van der Waals surface area contributed by atoms with Gasteiger partial charge in [0, 0.05) is 36.3 Å². The molecule has 0 aliphatic rings. The van der Waals surface area contributed by atoms with E-state index in [1.807, 2.05) is 44.2 Å². The molecular formula is C25H25BN6O3S. The first-order chi connectivity index (χ1) is 17.4. The largest absolute Gasteiger partial charge is 0.507 e. The number of hydrogen-bond acceptors (Lipinski definition) is 7. The van der Waals surface area contributed by atoms with Gasteiger partial charge in [-0.1, -0.05) is 48.5 Å². The molecule has 0 unspecified atom stereocenters. The molecule has 0 saturated heterocycles. The van der Waals surface area contributed by atoms with Crippen LogP contribution in [0, 0.1) is 0 Å². The van der Waals surface area contributed by atoms with Gasteiger partial charge in [0.2, 0.25) is 0 Å². The molecule has 11 heteroatoms. The van der Waals surface area contributed by atoms with Crippen molar-refractivity contribution in [1.82, 2.24) is 19.0 Å². The molecule has 5 rings (SSSR count). The Labute approximate surface area is 209 Å². The number of aromatic hydroxyl groups is 1. The summed E-state index contributed by atoms with van der Waals surface area (Å²) in [6.07, 6.45) is 2.18. The first-order valence-corrected chi connectivity index (χ1v) is 12.9. The van der Waals surface area contributed by atoms with Crippen molar-refractivity contribution in [2.24, 2.45) is 5.84 Å². The summed E-state index contributed by atoms with van der Waals surface area (Å²) >= 11 is 0. The van der Waals surface area contributed by atoms with Crippen molar-refractivity contribution in [3.8, 4) is 17.0 Å². The van der Waals surface area contributed by atoms with Gasteiger partial charge < -0.3 is 10.4 Å². The molecule has 0 bridgehead atoms. The number of nitrogens with one attached hydrogen (secondary N) is 1. The number of anilines is 1. The number of nitrogens with two attached hydrogens (primary N) is 1. The summed E-state index contributed by atoms with van der Waals surface area (Å²) in [4.78, 5) is 4.85. The lowest BCUT2D eigenvalue weighted by Crippen LogP contribution is -2.38. The van der Waals surface area contributed by atoms with Gasteiger partial charge in [0.15, 0.2) is 5.65 Å². The number of phenols is 1. The van der Waals surface area contributed by atoms with Crippen LogP contribution in [0.3, 0.4) is 0 Å². The molecule has 0 spiro atoms. The fourth-order valence-electron chi connectivity index (χ4n) is 4.15. The summed E-state index contributed by atoms with van der Waals surface area (Å²) in [7, 11) is -1.95. The molecule has 4 N–H and O–H groups in total. The Morgan fingerprint density at radius 3 is 2.64 bits per heavy atom. The van der Waals surface area contributed by atoms with Crippen LogP contribution >= 0.6 is 0 Å². The van der Waals surface area contributed by atoms with Gasteiger partial charge in [-0.15, -0.1) is 4.41 Å². The van der Waals surface area contributed by atoms with E-state index in [0.717, 1.165) is 15.3 Å². The topological polar surface area (TPSA) is 126 Å². The van der Waals surface area contributed by atoms with Gasteiger partial charge in [-0.25, -0.2) is 13.4 Å². The molecule has 2 aromatic heterocycles. The van der Waals surface area contributed by atoms with Gasteiger partial charge in [-0.3, -0.25) is 5.84 Å². The minimum absolute atomic E-state index is 0.122. The van der Waals surface area contributed by atoms with E-state index in [0.29, 0.717) is 41.1 Å². The number of hydrogen-bond donors (Lipinski definition) is 3. The average Bonchev–Trinajstić information content (AvgIpc) is 3.26. The van der Waals surface area contributed by atoms with Crippen LogP contribution in [0.2, 0.25) is 0 Å². The van der Waals surface area contributed by atoms with Crippen LogP contribution in [0.15, 0.2) is 83.9 Å². The van der Waals surface area contributed by atoms with Crippen LogP contribution in [-0.4, -0.2) is 53.5 Å². The van der Waals surface area contributed by atoms with Crippen molar-refractivity contribution < 1.29 is 13.5 Å². The lowest BCUT2D eigenvalue weighted by molar-refractivity contribution is 0.423. The van der Waals surface area contributed by atoms with Crippen molar-refractivity contribution in [3.05, 3.63) is 79.0 Å². The smallest absolute Gasteiger partial charge is 0.256 e. The Kier molecular flexibility index (Phi) is 6.35. The molecule has 2 heterocycles. The predicted molar refractivity (Wildman–Crippen MR) is 143 cm³/mol. The number of nitrogens with zero attached hydrogens (tertiary/aromatic N) is 4. The monoisotopic (exact) mass is 500 g/mol. The van der Waals surface area contributed by atoms with E-state index >= 15 is 0 Å².